The Bertz CT molecular complexity index is 944. The minimum absolute atomic E-state index is 0.0342. The van der Waals surface area contributed by atoms with Crippen LogP contribution in [-0.4, -0.2) is 54.4 Å². The van der Waals surface area contributed by atoms with E-state index in [1.807, 2.05) is 19.1 Å². The predicted molar refractivity (Wildman–Crippen MR) is 133 cm³/mol. The van der Waals surface area contributed by atoms with E-state index in [4.69, 9.17) is 5.73 Å². The molecule has 2 aliphatic heterocycles. The molecule has 0 atom stereocenters. The number of piperidine rings is 2. The number of primary amides is 1. The lowest BCUT2D eigenvalue weighted by molar-refractivity contribution is -0.123. The molecule has 2 amide bonds. The lowest BCUT2D eigenvalue weighted by Crippen LogP contribution is -2.39. The minimum Gasteiger partial charge on any atom is -0.369 e. The van der Waals surface area contributed by atoms with Crippen LogP contribution in [0.4, 0.5) is 5.69 Å². The van der Waals surface area contributed by atoms with Gasteiger partial charge in [-0.2, -0.15) is 0 Å². The predicted octanol–water partition coefficient (Wildman–Crippen LogP) is 2.99. The Balaban J connectivity index is 1.25. The molecule has 33 heavy (non-hydrogen) atoms. The second-order valence-corrected chi connectivity index (χ2v) is 10.4. The summed E-state index contributed by atoms with van der Waals surface area (Å²) in [5.74, 6) is 0.451. The van der Waals surface area contributed by atoms with Crippen molar-refractivity contribution in [3.05, 3.63) is 45.4 Å². The third-order valence-corrected chi connectivity index (χ3v) is 8.07. The average Bonchev–Trinajstić information content (AvgIpc) is 3.19. The molecule has 2 aromatic rings. The van der Waals surface area contributed by atoms with Gasteiger partial charge in [0.25, 0.3) is 5.91 Å². The van der Waals surface area contributed by atoms with Crippen molar-refractivity contribution in [2.24, 2.45) is 17.6 Å². The molecule has 4 rings (SSSR count). The molecule has 8 heteroatoms. The van der Waals surface area contributed by atoms with Crippen LogP contribution >= 0.6 is 11.3 Å². The molecule has 3 heterocycles. The van der Waals surface area contributed by atoms with E-state index in [9.17, 15) is 9.59 Å². The van der Waals surface area contributed by atoms with Crippen LogP contribution in [0.3, 0.4) is 0 Å². The van der Waals surface area contributed by atoms with E-state index in [1.54, 1.807) is 0 Å². The van der Waals surface area contributed by atoms with Crippen molar-refractivity contribution in [1.82, 2.24) is 15.2 Å². The summed E-state index contributed by atoms with van der Waals surface area (Å²) in [4.78, 5) is 31.9. The Morgan fingerprint density at radius 2 is 1.85 bits per heavy atom. The first-order valence-electron chi connectivity index (χ1n) is 12.1. The summed E-state index contributed by atoms with van der Waals surface area (Å²) in [6.07, 6.45) is 5.99. The monoisotopic (exact) mass is 469 g/mol. The van der Waals surface area contributed by atoms with E-state index in [0.717, 1.165) is 74.8 Å². The molecule has 1 aromatic heterocycles. The van der Waals surface area contributed by atoms with Crippen LogP contribution in [-0.2, 0) is 17.6 Å². The molecule has 2 saturated heterocycles. The Labute approximate surface area is 200 Å². The first-order valence-corrected chi connectivity index (χ1v) is 12.9. The van der Waals surface area contributed by atoms with Gasteiger partial charge in [-0.3, -0.25) is 9.59 Å². The van der Waals surface area contributed by atoms with E-state index in [1.165, 1.54) is 29.7 Å². The van der Waals surface area contributed by atoms with Gasteiger partial charge in [-0.25, -0.2) is 4.98 Å². The molecular formula is C25H35N5O2S. The standard InChI is InChI=1S/C25H35N5O2S/c1-17-23(33-22(28-17)16-19-6-11-27-12-7-19)25(32)29-21-4-2-18(3-5-21)8-13-30-14-9-20(10-15-30)24(26)31/h2-5,19-20,27H,6-16H2,1H3,(H2,26,31)(H,29,32). The van der Waals surface area contributed by atoms with E-state index in [0.29, 0.717) is 10.8 Å². The number of carbonyl (C=O) groups is 2. The van der Waals surface area contributed by atoms with Gasteiger partial charge in [0, 0.05) is 24.6 Å². The molecular weight excluding hydrogens is 434 g/mol. The van der Waals surface area contributed by atoms with Gasteiger partial charge < -0.3 is 21.3 Å². The third-order valence-electron chi connectivity index (χ3n) is 6.89. The molecule has 4 N–H and O–H groups in total. The number of carbonyl (C=O) groups excluding carboxylic acids is 2. The van der Waals surface area contributed by atoms with Gasteiger partial charge in [0.2, 0.25) is 5.91 Å². The maximum atomic E-state index is 12.8. The molecule has 0 bridgehead atoms. The average molecular weight is 470 g/mol. The zero-order valence-corrected chi connectivity index (χ0v) is 20.3. The number of nitrogens with one attached hydrogen (secondary N) is 2. The highest BCUT2D eigenvalue weighted by atomic mass is 32.1. The molecule has 0 saturated carbocycles. The van der Waals surface area contributed by atoms with Crippen LogP contribution in [0.2, 0.25) is 0 Å². The summed E-state index contributed by atoms with van der Waals surface area (Å²) in [6, 6.07) is 8.10. The summed E-state index contributed by atoms with van der Waals surface area (Å²) in [5.41, 5.74) is 8.28. The molecule has 0 radical (unpaired) electrons. The van der Waals surface area contributed by atoms with Crippen LogP contribution < -0.4 is 16.4 Å². The van der Waals surface area contributed by atoms with Crippen LogP contribution in [0.25, 0.3) is 0 Å². The fourth-order valence-electron chi connectivity index (χ4n) is 4.75. The molecule has 0 unspecified atom stereocenters. The molecule has 0 spiro atoms. The minimum atomic E-state index is -0.168. The molecule has 2 fully saturated rings. The van der Waals surface area contributed by atoms with E-state index in [2.05, 4.69) is 32.7 Å². The molecule has 1 aromatic carbocycles. The second kappa shape index (κ2) is 11.2. The molecule has 178 valence electrons. The first kappa shape index (κ1) is 23.9. The number of nitrogens with zero attached hydrogens (tertiary/aromatic N) is 2. The number of hydrogen-bond acceptors (Lipinski definition) is 6. The van der Waals surface area contributed by atoms with Crippen molar-refractivity contribution >= 4 is 28.8 Å². The summed E-state index contributed by atoms with van der Waals surface area (Å²) in [7, 11) is 0. The highest BCUT2D eigenvalue weighted by Crippen LogP contribution is 2.25. The lowest BCUT2D eigenvalue weighted by Gasteiger charge is -2.30. The maximum absolute atomic E-state index is 12.8. The highest BCUT2D eigenvalue weighted by Gasteiger charge is 2.23. The van der Waals surface area contributed by atoms with Crippen molar-refractivity contribution in [3.63, 3.8) is 0 Å². The largest absolute Gasteiger partial charge is 0.369 e. The van der Waals surface area contributed by atoms with Crippen LogP contribution in [0, 0.1) is 18.8 Å². The Kier molecular flexibility index (Phi) is 8.11. The zero-order valence-electron chi connectivity index (χ0n) is 19.4. The fourth-order valence-corrected chi connectivity index (χ4v) is 5.83. The number of amides is 2. The van der Waals surface area contributed by atoms with E-state index in [-0.39, 0.29) is 17.7 Å². The van der Waals surface area contributed by atoms with Gasteiger partial charge in [0.1, 0.15) is 4.88 Å². The van der Waals surface area contributed by atoms with Crippen LogP contribution in [0.15, 0.2) is 24.3 Å². The number of anilines is 1. The second-order valence-electron chi connectivity index (χ2n) is 9.34. The van der Waals surface area contributed by atoms with Crippen LogP contribution in [0.5, 0.6) is 0 Å². The summed E-state index contributed by atoms with van der Waals surface area (Å²) < 4.78 is 0. The Morgan fingerprint density at radius 1 is 1.15 bits per heavy atom. The molecule has 0 aliphatic carbocycles. The fraction of sp³-hybridized carbons (Fsp3) is 0.560. The van der Waals surface area contributed by atoms with Gasteiger partial charge in [0.05, 0.1) is 10.7 Å². The number of likely N-dealkylation sites (tertiary alicyclic amines) is 1. The molecule has 2 aliphatic rings. The lowest BCUT2D eigenvalue weighted by atomic mass is 9.95. The van der Waals surface area contributed by atoms with Crippen molar-refractivity contribution in [2.75, 3.05) is 38.0 Å². The summed E-state index contributed by atoms with van der Waals surface area (Å²) in [5, 5.41) is 7.50. The number of aromatic nitrogens is 1. The number of hydrogen-bond donors (Lipinski definition) is 3. The zero-order chi connectivity index (χ0) is 23.2. The van der Waals surface area contributed by atoms with E-state index >= 15 is 0 Å². The number of nitrogens with two attached hydrogens (primary N) is 1. The van der Waals surface area contributed by atoms with Crippen molar-refractivity contribution in [2.45, 2.75) is 45.4 Å². The number of thiazole rings is 1. The Morgan fingerprint density at radius 3 is 2.52 bits per heavy atom. The van der Waals surface area contributed by atoms with Crippen molar-refractivity contribution < 1.29 is 9.59 Å². The van der Waals surface area contributed by atoms with Crippen molar-refractivity contribution in [1.29, 1.82) is 0 Å². The third kappa shape index (κ3) is 6.62. The topological polar surface area (TPSA) is 100 Å². The number of benzene rings is 1. The van der Waals surface area contributed by atoms with Gasteiger partial charge in [-0.1, -0.05) is 12.1 Å². The number of aryl methyl sites for hydroxylation is 1. The summed E-state index contributed by atoms with van der Waals surface area (Å²) >= 11 is 1.53. The quantitative estimate of drug-likeness (QED) is 0.552. The SMILES string of the molecule is Cc1nc(CC2CCNCC2)sc1C(=O)Nc1ccc(CCN2CCC(C(N)=O)CC2)cc1. The van der Waals surface area contributed by atoms with Gasteiger partial charge in [0.15, 0.2) is 0 Å². The maximum Gasteiger partial charge on any atom is 0.267 e. The van der Waals surface area contributed by atoms with E-state index < -0.39 is 0 Å². The van der Waals surface area contributed by atoms with Crippen molar-refractivity contribution in [3.8, 4) is 0 Å². The number of rotatable bonds is 8. The van der Waals surface area contributed by atoms with Gasteiger partial charge in [-0.05, 0) is 88.8 Å². The normalized spacial score (nSPS) is 18.3. The Hall–Kier alpha value is -2.29. The molecule has 7 nitrogen and oxygen atoms in total. The first-order chi connectivity index (χ1) is 16.0. The van der Waals surface area contributed by atoms with Gasteiger partial charge >= 0.3 is 0 Å². The van der Waals surface area contributed by atoms with Gasteiger partial charge in [-0.15, -0.1) is 11.3 Å². The highest BCUT2D eigenvalue weighted by molar-refractivity contribution is 7.13. The smallest absolute Gasteiger partial charge is 0.267 e. The summed E-state index contributed by atoms with van der Waals surface area (Å²) in [6.45, 7) is 6.90. The van der Waals surface area contributed by atoms with Crippen LogP contribution in [0.1, 0.15) is 51.6 Å².